The Bertz CT molecular complexity index is 1420. The Morgan fingerprint density at radius 2 is 1.80 bits per heavy atom. The molecule has 0 bridgehead atoms. The average molecular weight is 543 g/mol. The molecule has 2 amide bonds. The van der Waals surface area contributed by atoms with Gasteiger partial charge in [-0.05, 0) is 94.1 Å². The molecule has 1 unspecified atom stereocenters. The molecule has 40 heavy (non-hydrogen) atoms. The Labute approximate surface area is 236 Å². The Balaban J connectivity index is 1.62. The lowest BCUT2D eigenvalue weighted by atomic mass is 9.98. The molecule has 210 valence electrons. The number of rotatable bonds is 8. The number of methoxy groups -OCH3 is 1. The third-order valence-corrected chi connectivity index (χ3v) is 6.74. The zero-order valence-electron chi connectivity index (χ0n) is 24.3. The summed E-state index contributed by atoms with van der Waals surface area (Å²) in [5, 5.41) is 3.11. The van der Waals surface area contributed by atoms with Crippen LogP contribution in [0.15, 0.2) is 65.8 Å². The van der Waals surface area contributed by atoms with E-state index in [1.54, 1.807) is 24.3 Å². The van der Waals surface area contributed by atoms with E-state index in [0.717, 1.165) is 28.0 Å². The highest BCUT2D eigenvalue weighted by molar-refractivity contribution is 6.03. The first-order valence-corrected chi connectivity index (χ1v) is 13.5. The highest BCUT2D eigenvalue weighted by atomic mass is 16.6. The number of carbonyl (C=O) groups excluding carboxylic acids is 2. The van der Waals surface area contributed by atoms with Crippen LogP contribution in [0.25, 0.3) is 11.1 Å². The molecule has 0 saturated heterocycles. The molecule has 0 aliphatic carbocycles. The number of carbonyl (C=O) groups is 2. The zero-order chi connectivity index (χ0) is 29.0. The summed E-state index contributed by atoms with van der Waals surface area (Å²) in [7, 11) is 1.59. The maximum absolute atomic E-state index is 13.6. The van der Waals surface area contributed by atoms with Crippen molar-refractivity contribution in [2.45, 2.75) is 65.8 Å². The van der Waals surface area contributed by atoms with Crippen LogP contribution in [0.5, 0.6) is 5.75 Å². The standard InChI is InChI=1S/C32H38N4O4/c1-20(2)36(31(38)40-32(4,5)6)19-29(24-9-8-10-26(15-24)39-7)35-30(37)28-17-23(13-14-33-28)22-11-12-25-18-34-21(3)27(25)16-22/h8-17,20,29H,18-19H2,1-7H3,(H,35,37). The van der Waals surface area contributed by atoms with E-state index in [1.807, 2.05) is 77.9 Å². The van der Waals surface area contributed by atoms with Crippen molar-refractivity contribution in [3.8, 4) is 16.9 Å². The van der Waals surface area contributed by atoms with E-state index in [2.05, 4.69) is 27.4 Å². The van der Waals surface area contributed by atoms with Gasteiger partial charge in [0.25, 0.3) is 5.91 Å². The van der Waals surface area contributed by atoms with Gasteiger partial charge in [0.2, 0.25) is 0 Å². The molecule has 8 heteroatoms. The summed E-state index contributed by atoms with van der Waals surface area (Å²) in [6.07, 6.45) is 1.19. The van der Waals surface area contributed by atoms with E-state index >= 15 is 0 Å². The molecule has 2 heterocycles. The lowest BCUT2D eigenvalue weighted by Crippen LogP contribution is -2.46. The number of nitrogens with one attached hydrogen (secondary N) is 1. The zero-order valence-corrected chi connectivity index (χ0v) is 24.3. The molecule has 1 atom stereocenters. The van der Waals surface area contributed by atoms with Gasteiger partial charge in [-0.25, -0.2) is 4.79 Å². The Morgan fingerprint density at radius 3 is 2.50 bits per heavy atom. The molecule has 1 aliphatic heterocycles. The van der Waals surface area contributed by atoms with E-state index in [-0.39, 0.29) is 24.2 Å². The van der Waals surface area contributed by atoms with Crippen LogP contribution in [0.3, 0.4) is 0 Å². The number of hydrogen-bond acceptors (Lipinski definition) is 6. The van der Waals surface area contributed by atoms with Crippen LogP contribution in [0.4, 0.5) is 4.79 Å². The quantitative estimate of drug-likeness (QED) is 0.366. The summed E-state index contributed by atoms with van der Waals surface area (Å²) in [5.74, 6) is 0.308. The van der Waals surface area contributed by atoms with Crippen LogP contribution in [-0.2, 0) is 11.3 Å². The van der Waals surface area contributed by atoms with E-state index < -0.39 is 17.7 Å². The van der Waals surface area contributed by atoms with Gasteiger partial charge in [0, 0.05) is 30.1 Å². The fourth-order valence-electron chi connectivity index (χ4n) is 4.59. The third kappa shape index (κ3) is 6.86. The van der Waals surface area contributed by atoms with Crippen molar-refractivity contribution in [1.82, 2.24) is 15.2 Å². The summed E-state index contributed by atoms with van der Waals surface area (Å²) in [6, 6.07) is 16.7. The molecule has 1 aliphatic rings. The summed E-state index contributed by atoms with van der Waals surface area (Å²) in [6.45, 7) is 12.3. The van der Waals surface area contributed by atoms with Gasteiger partial charge in [0.1, 0.15) is 17.0 Å². The molecule has 2 aromatic carbocycles. The van der Waals surface area contributed by atoms with Crippen molar-refractivity contribution in [2.24, 2.45) is 4.99 Å². The van der Waals surface area contributed by atoms with Gasteiger partial charge >= 0.3 is 6.09 Å². The van der Waals surface area contributed by atoms with Crippen LogP contribution in [0.1, 0.15) is 74.8 Å². The second kappa shape index (κ2) is 11.9. The third-order valence-electron chi connectivity index (χ3n) is 6.74. The molecule has 0 fully saturated rings. The fourth-order valence-corrected chi connectivity index (χ4v) is 4.59. The topological polar surface area (TPSA) is 93.1 Å². The molecule has 1 N–H and O–H groups in total. The van der Waals surface area contributed by atoms with Crippen molar-refractivity contribution in [3.05, 3.63) is 83.2 Å². The first-order valence-electron chi connectivity index (χ1n) is 13.5. The van der Waals surface area contributed by atoms with Crippen molar-refractivity contribution < 1.29 is 19.1 Å². The Kier molecular flexibility index (Phi) is 8.57. The highest BCUT2D eigenvalue weighted by Gasteiger charge is 2.29. The number of hydrogen-bond donors (Lipinski definition) is 1. The van der Waals surface area contributed by atoms with Crippen LogP contribution in [0.2, 0.25) is 0 Å². The largest absolute Gasteiger partial charge is 0.497 e. The van der Waals surface area contributed by atoms with E-state index in [9.17, 15) is 9.59 Å². The number of pyridine rings is 1. The molecular formula is C32H38N4O4. The molecule has 0 radical (unpaired) electrons. The normalized spacial score (nSPS) is 13.3. The first-order chi connectivity index (χ1) is 18.9. The smallest absolute Gasteiger partial charge is 0.410 e. The van der Waals surface area contributed by atoms with Gasteiger partial charge < -0.3 is 19.7 Å². The maximum atomic E-state index is 13.6. The van der Waals surface area contributed by atoms with Crippen LogP contribution in [-0.4, -0.2) is 52.9 Å². The van der Waals surface area contributed by atoms with E-state index in [4.69, 9.17) is 9.47 Å². The minimum atomic E-state index is -0.648. The summed E-state index contributed by atoms with van der Waals surface area (Å²) in [5.41, 5.74) is 5.67. The fraction of sp³-hybridized carbons (Fsp3) is 0.375. The number of nitrogens with zero attached hydrogens (tertiary/aromatic N) is 3. The first kappa shape index (κ1) is 28.8. The predicted molar refractivity (Wildman–Crippen MR) is 157 cm³/mol. The number of fused-ring (bicyclic) bond motifs is 1. The van der Waals surface area contributed by atoms with Gasteiger partial charge in [0.05, 0.1) is 19.7 Å². The second-order valence-electron chi connectivity index (χ2n) is 11.2. The molecular weight excluding hydrogens is 504 g/mol. The van der Waals surface area contributed by atoms with E-state index in [0.29, 0.717) is 12.3 Å². The number of amides is 2. The molecule has 3 aromatic rings. The van der Waals surface area contributed by atoms with Gasteiger partial charge in [0.15, 0.2) is 0 Å². The molecule has 0 saturated carbocycles. The molecule has 1 aromatic heterocycles. The summed E-state index contributed by atoms with van der Waals surface area (Å²) < 4.78 is 11.1. The van der Waals surface area contributed by atoms with Crippen LogP contribution >= 0.6 is 0 Å². The second-order valence-corrected chi connectivity index (χ2v) is 11.2. The van der Waals surface area contributed by atoms with Crippen molar-refractivity contribution in [1.29, 1.82) is 0 Å². The van der Waals surface area contributed by atoms with Crippen molar-refractivity contribution in [2.75, 3.05) is 13.7 Å². The number of aromatic nitrogens is 1. The summed E-state index contributed by atoms with van der Waals surface area (Å²) >= 11 is 0. The van der Waals surface area contributed by atoms with Crippen molar-refractivity contribution in [3.63, 3.8) is 0 Å². The summed E-state index contributed by atoms with van der Waals surface area (Å²) in [4.78, 5) is 37.2. The Hall–Kier alpha value is -4.20. The van der Waals surface area contributed by atoms with E-state index in [1.165, 1.54) is 5.56 Å². The van der Waals surface area contributed by atoms with Gasteiger partial charge in [-0.15, -0.1) is 0 Å². The highest BCUT2D eigenvalue weighted by Crippen LogP contribution is 2.27. The van der Waals surface area contributed by atoms with Gasteiger partial charge in [-0.2, -0.15) is 0 Å². The molecule has 4 rings (SSSR count). The molecule has 8 nitrogen and oxygen atoms in total. The monoisotopic (exact) mass is 542 g/mol. The average Bonchev–Trinajstić information content (AvgIpc) is 3.29. The number of benzene rings is 2. The lowest BCUT2D eigenvalue weighted by Gasteiger charge is -2.33. The predicted octanol–water partition coefficient (Wildman–Crippen LogP) is 6.20. The van der Waals surface area contributed by atoms with Crippen LogP contribution in [0, 0.1) is 0 Å². The lowest BCUT2D eigenvalue weighted by molar-refractivity contribution is 0.0168. The SMILES string of the molecule is COc1cccc(C(CN(C(=O)OC(C)(C)C)C(C)C)NC(=O)c2cc(-c3ccc4c(c3)C(C)=NC4)ccn2)c1. The van der Waals surface area contributed by atoms with Crippen LogP contribution < -0.4 is 10.1 Å². The minimum Gasteiger partial charge on any atom is -0.497 e. The Morgan fingerprint density at radius 1 is 1.05 bits per heavy atom. The van der Waals surface area contributed by atoms with Gasteiger partial charge in [-0.3, -0.25) is 14.8 Å². The molecule has 0 spiro atoms. The number of ether oxygens (including phenoxy) is 2. The van der Waals surface area contributed by atoms with Crippen molar-refractivity contribution >= 4 is 17.7 Å². The van der Waals surface area contributed by atoms with Gasteiger partial charge in [-0.1, -0.05) is 24.3 Å². The maximum Gasteiger partial charge on any atom is 0.410 e. The minimum absolute atomic E-state index is 0.159. The number of aliphatic imine (C=N–C) groups is 1.